The molecule has 2 unspecified atom stereocenters. The van der Waals surface area contributed by atoms with Crippen LogP contribution in [-0.2, 0) is 4.79 Å². The fraction of sp³-hybridized carbons (Fsp3) is 0.500. The second-order valence-corrected chi connectivity index (χ2v) is 5.91. The van der Waals surface area contributed by atoms with Gasteiger partial charge in [-0.1, -0.05) is 23.2 Å². The Labute approximate surface area is 140 Å². The van der Waals surface area contributed by atoms with Crippen molar-refractivity contribution in [1.82, 2.24) is 10.6 Å². The van der Waals surface area contributed by atoms with Gasteiger partial charge in [-0.25, -0.2) is 0 Å². The first-order valence-electron chi connectivity index (χ1n) is 6.64. The average molecular weight is 354 g/mol. The lowest BCUT2D eigenvalue weighted by Crippen LogP contribution is -2.47. The predicted molar refractivity (Wildman–Crippen MR) is 87.8 cm³/mol. The Bertz CT molecular complexity index is 465. The number of nitrogens with one attached hydrogen (secondary N) is 2. The van der Waals surface area contributed by atoms with Gasteiger partial charge in [-0.05, 0) is 44.5 Å². The van der Waals surface area contributed by atoms with E-state index in [-0.39, 0.29) is 31.0 Å². The molecule has 2 atom stereocenters. The predicted octanol–water partition coefficient (Wildman–Crippen LogP) is 3.05. The molecule has 2 N–H and O–H groups in total. The molecule has 1 aromatic carbocycles. The summed E-state index contributed by atoms with van der Waals surface area (Å²) in [5.74, 6) is 0.372. The van der Waals surface area contributed by atoms with E-state index in [0.29, 0.717) is 21.8 Å². The zero-order chi connectivity index (χ0) is 14.5. The van der Waals surface area contributed by atoms with Gasteiger partial charge < -0.3 is 15.4 Å². The SMILES string of the molecule is CC1CC(NC(=O)COc2cc(Cl)cc(Cl)c2)CCN1.Cl. The molecule has 7 heteroatoms. The van der Waals surface area contributed by atoms with Crippen molar-refractivity contribution in [3.8, 4) is 5.75 Å². The first-order chi connectivity index (χ1) is 9.52. The van der Waals surface area contributed by atoms with E-state index in [9.17, 15) is 4.79 Å². The van der Waals surface area contributed by atoms with Crippen molar-refractivity contribution >= 4 is 41.5 Å². The van der Waals surface area contributed by atoms with Crippen molar-refractivity contribution in [2.24, 2.45) is 0 Å². The normalized spacial score (nSPS) is 21.3. The van der Waals surface area contributed by atoms with Gasteiger partial charge in [-0.15, -0.1) is 12.4 Å². The molecule has 1 heterocycles. The van der Waals surface area contributed by atoms with E-state index in [1.54, 1.807) is 18.2 Å². The van der Waals surface area contributed by atoms with Crippen LogP contribution in [0.4, 0.5) is 0 Å². The Balaban J connectivity index is 0.00000220. The molecule has 0 radical (unpaired) electrons. The standard InChI is InChI=1S/C14H18Cl2N2O2.ClH/c1-9-4-12(2-3-17-9)18-14(19)8-20-13-6-10(15)5-11(16)7-13;/h5-7,9,12,17H,2-4,8H2,1H3,(H,18,19);1H. The summed E-state index contributed by atoms with van der Waals surface area (Å²) in [6.07, 6.45) is 1.88. The third-order valence-corrected chi connectivity index (χ3v) is 3.63. The van der Waals surface area contributed by atoms with Gasteiger partial charge in [0.1, 0.15) is 5.75 Å². The Morgan fingerprint density at radius 1 is 1.38 bits per heavy atom. The highest BCUT2D eigenvalue weighted by Crippen LogP contribution is 2.24. The van der Waals surface area contributed by atoms with E-state index in [1.807, 2.05) is 0 Å². The van der Waals surface area contributed by atoms with E-state index in [1.165, 1.54) is 0 Å². The first-order valence-corrected chi connectivity index (χ1v) is 7.40. The summed E-state index contributed by atoms with van der Waals surface area (Å²) in [7, 11) is 0. The summed E-state index contributed by atoms with van der Waals surface area (Å²) in [5.41, 5.74) is 0. The van der Waals surface area contributed by atoms with Gasteiger partial charge in [0.25, 0.3) is 5.91 Å². The topological polar surface area (TPSA) is 50.4 Å². The van der Waals surface area contributed by atoms with Crippen LogP contribution in [0.15, 0.2) is 18.2 Å². The van der Waals surface area contributed by atoms with Crippen molar-refractivity contribution in [2.45, 2.75) is 31.8 Å². The van der Waals surface area contributed by atoms with Crippen LogP contribution in [-0.4, -0.2) is 31.1 Å². The maximum atomic E-state index is 11.8. The van der Waals surface area contributed by atoms with Crippen LogP contribution < -0.4 is 15.4 Å². The molecular formula is C14H19Cl3N2O2. The number of piperidine rings is 1. The highest BCUT2D eigenvalue weighted by molar-refractivity contribution is 6.34. The van der Waals surface area contributed by atoms with Gasteiger partial charge >= 0.3 is 0 Å². The lowest BCUT2D eigenvalue weighted by Gasteiger charge is -2.28. The van der Waals surface area contributed by atoms with Gasteiger partial charge in [0.2, 0.25) is 0 Å². The van der Waals surface area contributed by atoms with Crippen molar-refractivity contribution in [3.05, 3.63) is 28.2 Å². The maximum Gasteiger partial charge on any atom is 0.258 e. The molecule has 1 amide bonds. The van der Waals surface area contributed by atoms with E-state index in [0.717, 1.165) is 19.4 Å². The van der Waals surface area contributed by atoms with Crippen LogP contribution in [0.25, 0.3) is 0 Å². The van der Waals surface area contributed by atoms with Crippen LogP contribution >= 0.6 is 35.6 Å². The second kappa shape index (κ2) is 8.69. The number of rotatable bonds is 4. The number of hydrogen-bond donors (Lipinski definition) is 2. The molecule has 1 aliphatic rings. The van der Waals surface area contributed by atoms with Gasteiger partial charge in [0.05, 0.1) is 0 Å². The minimum atomic E-state index is -0.125. The zero-order valence-electron chi connectivity index (χ0n) is 11.7. The van der Waals surface area contributed by atoms with Crippen molar-refractivity contribution in [3.63, 3.8) is 0 Å². The molecule has 21 heavy (non-hydrogen) atoms. The van der Waals surface area contributed by atoms with E-state index in [2.05, 4.69) is 17.6 Å². The van der Waals surface area contributed by atoms with Crippen molar-refractivity contribution in [2.75, 3.05) is 13.2 Å². The molecule has 2 rings (SSSR count). The summed E-state index contributed by atoms with van der Waals surface area (Å²) in [6, 6.07) is 5.53. The zero-order valence-corrected chi connectivity index (χ0v) is 14.0. The molecule has 4 nitrogen and oxygen atoms in total. The monoisotopic (exact) mass is 352 g/mol. The summed E-state index contributed by atoms with van der Waals surface area (Å²) < 4.78 is 5.40. The number of carbonyl (C=O) groups is 1. The molecule has 0 aliphatic carbocycles. The number of amides is 1. The van der Waals surface area contributed by atoms with Gasteiger partial charge in [0.15, 0.2) is 6.61 Å². The molecule has 1 aromatic rings. The quantitative estimate of drug-likeness (QED) is 0.874. The minimum Gasteiger partial charge on any atom is -0.484 e. The van der Waals surface area contributed by atoms with E-state index >= 15 is 0 Å². The highest BCUT2D eigenvalue weighted by Gasteiger charge is 2.19. The fourth-order valence-electron chi connectivity index (χ4n) is 2.29. The average Bonchev–Trinajstić information content (AvgIpc) is 2.35. The third-order valence-electron chi connectivity index (χ3n) is 3.19. The summed E-state index contributed by atoms with van der Waals surface area (Å²) in [5, 5.41) is 7.29. The van der Waals surface area contributed by atoms with E-state index < -0.39 is 0 Å². The van der Waals surface area contributed by atoms with E-state index in [4.69, 9.17) is 27.9 Å². The molecule has 1 aliphatic heterocycles. The second-order valence-electron chi connectivity index (χ2n) is 5.04. The number of halogens is 3. The Kier molecular flexibility index (Phi) is 7.60. The van der Waals surface area contributed by atoms with Crippen molar-refractivity contribution in [1.29, 1.82) is 0 Å². The number of hydrogen-bond acceptors (Lipinski definition) is 3. The lowest BCUT2D eigenvalue weighted by molar-refractivity contribution is -0.124. The largest absolute Gasteiger partial charge is 0.484 e. The number of carbonyl (C=O) groups excluding carboxylic acids is 1. The summed E-state index contributed by atoms with van der Waals surface area (Å²) in [6.45, 7) is 3.01. The summed E-state index contributed by atoms with van der Waals surface area (Å²) in [4.78, 5) is 11.8. The smallest absolute Gasteiger partial charge is 0.258 e. The number of benzene rings is 1. The molecular weight excluding hydrogens is 335 g/mol. The molecule has 0 aromatic heterocycles. The van der Waals surface area contributed by atoms with Crippen LogP contribution in [0.2, 0.25) is 10.0 Å². The Hall–Kier alpha value is -0.680. The Morgan fingerprint density at radius 3 is 2.67 bits per heavy atom. The molecule has 118 valence electrons. The van der Waals surface area contributed by atoms with Gasteiger partial charge in [-0.2, -0.15) is 0 Å². The lowest BCUT2D eigenvalue weighted by atomic mass is 10.0. The van der Waals surface area contributed by atoms with Crippen molar-refractivity contribution < 1.29 is 9.53 Å². The third kappa shape index (κ3) is 6.30. The molecule has 0 spiro atoms. The molecule has 1 saturated heterocycles. The molecule has 0 saturated carbocycles. The maximum absolute atomic E-state index is 11.8. The van der Waals surface area contributed by atoms with Crippen LogP contribution in [0.3, 0.4) is 0 Å². The van der Waals surface area contributed by atoms with Crippen LogP contribution in [0, 0.1) is 0 Å². The van der Waals surface area contributed by atoms with Gasteiger partial charge in [0, 0.05) is 22.1 Å². The molecule has 1 fully saturated rings. The fourth-order valence-corrected chi connectivity index (χ4v) is 2.80. The Morgan fingerprint density at radius 2 is 2.05 bits per heavy atom. The minimum absolute atomic E-state index is 0. The molecule has 0 bridgehead atoms. The van der Waals surface area contributed by atoms with Gasteiger partial charge in [-0.3, -0.25) is 4.79 Å². The van der Waals surface area contributed by atoms with Crippen LogP contribution in [0.5, 0.6) is 5.75 Å². The number of ether oxygens (including phenoxy) is 1. The highest BCUT2D eigenvalue weighted by atomic mass is 35.5. The summed E-state index contributed by atoms with van der Waals surface area (Å²) >= 11 is 11.7. The first kappa shape index (κ1) is 18.4. The van der Waals surface area contributed by atoms with Crippen LogP contribution in [0.1, 0.15) is 19.8 Å².